The van der Waals surface area contributed by atoms with Crippen LogP contribution in [-0.4, -0.2) is 0 Å². The molecule has 120 valence electrons. The van der Waals surface area contributed by atoms with Crippen LogP contribution in [0.5, 0.6) is 11.5 Å². The summed E-state index contributed by atoms with van der Waals surface area (Å²) >= 11 is 8.31. The van der Waals surface area contributed by atoms with Crippen molar-refractivity contribution in [3.05, 3.63) is 95.4 Å². The third-order valence-electron chi connectivity index (χ3n) is 3.42. The van der Waals surface area contributed by atoms with Crippen molar-refractivity contribution in [2.75, 3.05) is 0 Å². The van der Waals surface area contributed by atoms with Gasteiger partial charge in [-0.3, -0.25) is 0 Å². The normalized spacial score (nSPS) is 11.8. The molecule has 0 aliphatic rings. The highest BCUT2D eigenvalue weighted by Gasteiger charge is 2.11. The topological polar surface area (TPSA) is 9.23 Å². The van der Waals surface area contributed by atoms with Gasteiger partial charge in [-0.05, 0) is 43.3 Å². The molecule has 3 aromatic carbocycles. The van der Waals surface area contributed by atoms with E-state index in [4.69, 9.17) is 16.3 Å². The van der Waals surface area contributed by atoms with E-state index in [-0.39, 0.29) is 0 Å². The van der Waals surface area contributed by atoms with E-state index in [1.165, 1.54) is 0 Å². The average molecular weight is 353 g/mol. The molecule has 3 rings (SSSR count). The average Bonchev–Trinajstić information content (AvgIpc) is 2.63. The number of benzene rings is 3. The first-order valence-corrected chi connectivity index (χ1v) is 8.85. The Morgan fingerprint density at radius 3 is 2.08 bits per heavy atom. The molecule has 0 bridgehead atoms. The Balaban J connectivity index is 1.89. The first-order valence-electron chi connectivity index (χ1n) is 7.65. The van der Waals surface area contributed by atoms with Gasteiger partial charge in [0.2, 0.25) is 0 Å². The van der Waals surface area contributed by atoms with Gasteiger partial charge in [0.1, 0.15) is 11.5 Å². The zero-order chi connectivity index (χ0) is 16.8. The molecule has 0 N–H and O–H groups in total. The van der Waals surface area contributed by atoms with Crippen LogP contribution in [0, 0.1) is 0 Å². The Morgan fingerprint density at radius 2 is 1.38 bits per heavy atom. The highest BCUT2D eigenvalue weighted by atomic mass is 35.5. The molecule has 0 heterocycles. The summed E-state index contributed by atoms with van der Waals surface area (Å²) in [4.78, 5) is 2.20. The molecule has 0 spiro atoms. The molecule has 0 aromatic heterocycles. The van der Waals surface area contributed by atoms with Crippen molar-refractivity contribution in [3.8, 4) is 11.5 Å². The van der Waals surface area contributed by atoms with Crippen molar-refractivity contribution >= 4 is 28.4 Å². The first-order chi connectivity index (χ1) is 11.7. The van der Waals surface area contributed by atoms with Gasteiger partial charge < -0.3 is 4.74 Å². The van der Waals surface area contributed by atoms with E-state index < -0.39 is 0 Å². The standard InChI is InChI=1S/C21H17ClOS/c1-16(24-18-12-6-3-7-13-18)21(22)19-14-8-9-15-20(19)23-17-10-4-2-5-11-17/h2-15H,1H3/b21-16+. The van der Waals surface area contributed by atoms with Crippen molar-refractivity contribution in [2.45, 2.75) is 11.8 Å². The number of thioether (sulfide) groups is 1. The summed E-state index contributed by atoms with van der Waals surface area (Å²) in [6.07, 6.45) is 0. The zero-order valence-corrected chi connectivity index (χ0v) is 14.8. The lowest BCUT2D eigenvalue weighted by Crippen LogP contribution is -1.90. The smallest absolute Gasteiger partial charge is 0.136 e. The summed E-state index contributed by atoms with van der Waals surface area (Å²) < 4.78 is 6.00. The number of para-hydroxylation sites is 2. The second kappa shape index (κ2) is 8.09. The van der Waals surface area contributed by atoms with E-state index in [2.05, 4.69) is 12.1 Å². The van der Waals surface area contributed by atoms with E-state index in [9.17, 15) is 0 Å². The summed E-state index contributed by atoms with van der Waals surface area (Å²) in [5.74, 6) is 1.55. The molecule has 0 aliphatic heterocycles. The van der Waals surface area contributed by atoms with Crippen molar-refractivity contribution in [1.82, 2.24) is 0 Å². The van der Waals surface area contributed by atoms with Gasteiger partial charge in [-0.15, -0.1) is 0 Å². The quantitative estimate of drug-likeness (QED) is 0.449. The van der Waals surface area contributed by atoms with Crippen LogP contribution >= 0.6 is 23.4 Å². The minimum Gasteiger partial charge on any atom is -0.457 e. The van der Waals surface area contributed by atoms with Gasteiger partial charge >= 0.3 is 0 Å². The van der Waals surface area contributed by atoms with Crippen LogP contribution < -0.4 is 4.74 Å². The molecule has 1 nitrogen and oxygen atoms in total. The number of halogens is 1. The molecule has 0 atom stereocenters. The predicted molar refractivity (Wildman–Crippen MR) is 104 cm³/mol. The van der Waals surface area contributed by atoms with Crippen LogP contribution in [0.25, 0.3) is 5.03 Å². The van der Waals surface area contributed by atoms with E-state index in [0.29, 0.717) is 5.03 Å². The second-order valence-electron chi connectivity index (χ2n) is 5.20. The fourth-order valence-corrected chi connectivity index (χ4v) is 3.37. The minimum atomic E-state index is 0.704. The number of rotatable bonds is 5. The lowest BCUT2D eigenvalue weighted by atomic mass is 10.2. The van der Waals surface area contributed by atoms with Gasteiger partial charge in [0, 0.05) is 15.4 Å². The van der Waals surface area contributed by atoms with Gasteiger partial charge in [-0.25, -0.2) is 0 Å². The second-order valence-corrected chi connectivity index (χ2v) is 6.86. The molecule has 0 fully saturated rings. The third-order valence-corrected chi connectivity index (χ3v) is 5.04. The molecular weight excluding hydrogens is 336 g/mol. The molecular formula is C21H17ClOS. The SMILES string of the molecule is C/C(Sc1ccccc1)=C(\Cl)c1ccccc1Oc1ccccc1. The summed E-state index contributed by atoms with van der Waals surface area (Å²) in [5.41, 5.74) is 0.893. The Hall–Kier alpha value is -2.16. The number of allylic oxidation sites excluding steroid dienone is 1. The Kier molecular flexibility index (Phi) is 5.63. The molecule has 0 unspecified atom stereocenters. The van der Waals surface area contributed by atoms with Crippen LogP contribution in [0.2, 0.25) is 0 Å². The largest absolute Gasteiger partial charge is 0.457 e. The molecule has 0 amide bonds. The lowest BCUT2D eigenvalue weighted by Gasteiger charge is -2.12. The fraction of sp³-hybridized carbons (Fsp3) is 0.0476. The van der Waals surface area contributed by atoms with Crippen LogP contribution in [0.4, 0.5) is 0 Å². The van der Waals surface area contributed by atoms with Crippen molar-refractivity contribution in [3.63, 3.8) is 0 Å². The van der Waals surface area contributed by atoms with E-state index in [1.54, 1.807) is 11.8 Å². The first kappa shape index (κ1) is 16.7. The van der Waals surface area contributed by atoms with E-state index in [0.717, 1.165) is 26.9 Å². The number of hydrogen-bond donors (Lipinski definition) is 0. The maximum absolute atomic E-state index is 6.66. The van der Waals surface area contributed by atoms with Gasteiger partial charge in [0.05, 0.1) is 5.03 Å². The van der Waals surface area contributed by atoms with Gasteiger partial charge in [-0.1, -0.05) is 71.9 Å². The predicted octanol–water partition coefficient (Wildman–Crippen LogP) is 7.20. The van der Waals surface area contributed by atoms with Gasteiger partial charge in [0.25, 0.3) is 0 Å². The molecule has 0 saturated carbocycles. The molecule has 0 aliphatic carbocycles. The van der Waals surface area contributed by atoms with Crippen LogP contribution in [0.15, 0.2) is 94.7 Å². The minimum absolute atomic E-state index is 0.704. The fourth-order valence-electron chi connectivity index (χ4n) is 2.25. The summed E-state index contributed by atoms with van der Waals surface area (Å²) in [6.45, 7) is 2.03. The van der Waals surface area contributed by atoms with Crippen LogP contribution in [0.1, 0.15) is 12.5 Å². The van der Waals surface area contributed by atoms with Crippen molar-refractivity contribution < 1.29 is 4.74 Å². The Bertz CT molecular complexity index is 829. The van der Waals surface area contributed by atoms with Gasteiger partial charge in [0.15, 0.2) is 0 Å². The Morgan fingerprint density at radius 1 is 0.792 bits per heavy atom. The monoisotopic (exact) mass is 352 g/mol. The summed E-state index contributed by atoms with van der Waals surface area (Å²) in [6, 6.07) is 27.8. The zero-order valence-electron chi connectivity index (χ0n) is 13.3. The summed E-state index contributed by atoms with van der Waals surface area (Å²) in [5, 5.41) is 0.704. The lowest BCUT2D eigenvalue weighted by molar-refractivity contribution is 0.481. The molecule has 0 radical (unpaired) electrons. The Labute approximate surface area is 151 Å². The van der Waals surface area contributed by atoms with Crippen LogP contribution in [0.3, 0.4) is 0 Å². The molecule has 3 aromatic rings. The highest BCUT2D eigenvalue weighted by molar-refractivity contribution is 8.03. The van der Waals surface area contributed by atoms with E-state index >= 15 is 0 Å². The number of hydrogen-bond acceptors (Lipinski definition) is 2. The maximum Gasteiger partial charge on any atom is 0.136 e. The van der Waals surface area contributed by atoms with Crippen molar-refractivity contribution in [2.24, 2.45) is 0 Å². The van der Waals surface area contributed by atoms with Gasteiger partial charge in [-0.2, -0.15) is 0 Å². The molecule has 3 heteroatoms. The highest BCUT2D eigenvalue weighted by Crippen LogP contribution is 2.39. The molecule has 24 heavy (non-hydrogen) atoms. The van der Waals surface area contributed by atoms with Crippen LogP contribution in [-0.2, 0) is 0 Å². The van der Waals surface area contributed by atoms with E-state index in [1.807, 2.05) is 79.7 Å². The summed E-state index contributed by atoms with van der Waals surface area (Å²) in [7, 11) is 0. The molecule has 0 saturated heterocycles. The van der Waals surface area contributed by atoms with Crippen molar-refractivity contribution in [1.29, 1.82) is 0 Å². The third kappa shape index (κ3) is 4.22. The maximum atomic E-state index is 6.66. The number of ether oxygens (including phenoxy) is 1.